The first-order valence-corrected chi connectivity index (χ1v) is 4.45. The molecule has 0 saturated carbocycles. The Balaban J connectivity index is 5.51. The van der Waals surface area contributed by atoms with Crippen molar-refractivity contribution in [1.82, 2.24) is 4.53 Å². The van der Waals surface area contributed by atoms with Gasteiger partial charge in [0, 0.05) is 0 Å². The number of halogens is 11. The summed E-state index contributed by atoms with van der Waals surface area (Å²) in [5, 5.41) is 0. The molecule has 0 bridgehead atoms. The molecule has 0 aromatic heterocycles. The molecule has 0 unspecified atom stereocenters. The number of hydrogen-bond donors (Lipinski definition) is 0. The Kier molecular flexibility index (Phi) is 2.37. The maximum absolute atomic E-state index is 11.7. The van der Waals surface area contributed by atoms with E-state index in [0.29, 0.717) is 0 Å². The van der Waals surface area contributed by atoms with Gasteiger partial charge in [0.25, 0.3) is 0 Å². The highest BCUT2D eigenvalue weighted by molar-refractivity contribution is 8.43. The zero-order valence-electron chi connectivity index (χ0n) is 6.01. The first-order chi connectivity index (χ1) is 5.89. The van der Waals surface area contributed by atoms with Gasteiger partial charge in [0.2, 0.25) is 0 Å². The molecule has 0 aromatic carbocycles. The molecule has 0 saturated heterocycles. The van der Waals surface area contributed by atoms with E-state index >= 15 is 0 Å². The van der Waals surface area contributed by atoms with E-state index in [1.807, 2.05) is 0 Å². The van der Waals surface area contributed by atoms with Gasteiger partial charge in [-0.15, -0.1) is 4.48 Å². The lowest BCUT2D eigenvalue weighted by Gasteiger charge is -2.45. The number of nitrogens with zero attached hydrogens (tertiary/aromatic N) is 1. The van der Waals surface area contributed by atoms with Gasteiger partial charge in [-0.05, 0) is 0 Å². The van der Waals surface area contributed by atoms with Gasteiger partial charge in [-0.25, -0.2) is 0 Å². The minimum atomic E-state index is -11.7. The van der Waals surface area contributed by atoms with Crippen LogP contribution < -0.4 is 0 Å². The number of rotatable bonds is 2. The molecule has 0 amide bonds. The molecule has 15 heavy (non-hydrogen) atoms. The lowest BCUT2D eigenvalue weighted by Crippen LogP contribution is -2.51. The second-order valence-corrected chi connectivity index (χ2v) is 4.39. The number of hydrogen-bond acceptors (Lipinski definition) is 1. The van der Waals surface area contributed by atoms with Crippen LogP contribution in [0.2, 0.25) is 0 Å². The summed E-state index contributed by atoms with van der Waals surface area (Å²) in [6.45, 7) is 0. The van der Waals surface area contributed by atoms with Crippen LogP contribution in [0.15, 0.2) is 0 Å². The molecule has 96 valence electrons. The van der Waals surface area contributed by atoms with E-state index < -0.39 is 27.2 Å². The Bertz CT molecular complexity index is 255. The third kappa shape index (κ3) is 2.99. The fraction of sp³-hybridized carbons (Fsp3) is 1.00. The second-order valence-electron chi connectivity index (χ2n) is 2.21. The van der Waals surface area contributed by atoms with Gasteiger partial charge in [-0.3, -0.25) is 0 Å². The Morgan fingerprint density at radius 2 is 1.00 bits per heavy atom. The predicted octanol–water partition coefficient (Wildman–Crippen LogP) is 4.54. The van der Waals surface area contributed by atoms with Gasteiger partial charge in [-0.1, -0.05) is 19.4 Å². The van der Waals surface area contributed by atoms with Crippen molar-refractivity contribution in [3.8, 4) is 0 Å². The zero-order valence-corrected chi connectivity index (χ0v) is 6.83. The van der Waals surface area contributed by atoms with Crippen molar-refractivity contribution in [3.63, 3.8) is 0 Å². The van der Waals surface area contributed by atoms with E-state index in [-0.39, 0.29) is 0 Å². The summed E-state index contributed by atoms with van der Waals surface area (Å²) in [6, 6.07) is -7.35. The SMILES string of the molecule is FN(C(F)(F)C(F)(F)F)S(F)(F)(F)(F)F. The van der Waals surface area contributed by atoms with Crippen molar-refractivity contribution < 1.29 is 45.9 Å². The molecule has 0 atom stereocenters. The van der Waals surface area contributed by atoms with Crippen LogP contribution in [-0.2, 0) is 0 Å². The average Bonchev–Trinajstić information content (AvgIpc) is 1.77. The monoisotopic (exact) mass is 279 g/mol. The molecule has 0 radical (unpaired) electrons. The van der Waals surface area contributed by atoms with Gasteiger partial charge < -0.3 is 0 Å². The summed E-state index contributed by atoms with van der Waals surface area (Å²) in [6.07, 6.45) is -7.13. The molecular formula is C2F11NS. The highest BCUT2D eigenvalue weighted by atomic mass is 32.5. The van der Waals surface area contributed by atoms with Crippen LogP contribution in [0.5, 0.6) is 0 Å². The normalized spacial score (nSPS) is 20.0. The fourth-order valence-electron chi connectivity index (χ4n) is 0.316. The lowest BCUT2D eigenvalue weighted by atomic mass is 10.6. The largest absolute Gasteiger partial charge is 0.473 e. The van der Waals surface area contributed by atoms with Crippen LogP contribution in [0.1, 0.15) is 0 Å². The predicted molar refractivity (Wildman–Crippen MR) is 27.1 cm³/mol. The second kappa shape index (κ2) is 2.44. The third-order valence-corrected chi connectivity index (χ3v) is 1.70. The summed E-state index contributed by atoms with van der Waals surface area (Å²) in [5.74, 6) is 0. The van der Waals surface area contributed by atoms with Crippen molar-refractivity contribution in [2.45, 2.75) is 12.2 Å². The van der Waals surface area contributed by atoms with E-state index in [0.717, 1.165) is 0 Å². The minimum Gasteiger partial charge on any atom is -0.174 e. The Labute approximate surface area is 74.2 Å². The molecule has 0 aromatic rings. The average molecular weight is 279 g/mol. The van der Waals surface area contributed by atoms with Crippen molar-refractivity contribution in [2.24, 2.45) is 0 Å². The summed E-state index contributed by atoms with van der Waals surface area (Å²) >= 11 is 0. The standard InChI is InChI=1S/C2F11NS/c3-1(4,5)2(6,7)14(8)15(9,10,11,12)13. The van der Waals surface area contributed by atoms with Crippen LogP contribution in [0, 0.1) is 0 Å². The van der Waals surface area contributed by atoms with Crippen molar-refractivity contribution >= 4 is 10.4 Å². The first kappa shape index (κ1) is 14.5. The van der Waals surface area contributed by atoms with Gasteiger partial charge >= 0.3 is 22.6 Å². The molecule has 0 aliphatic carbocycles. The third-order valence-electron chi connectivity index (χ3n) is 0.865. The summed E-state index contributed by atoms with van der Waals surface area (Å²) in [4.78, 5) is 0. The van der Waals surface area contributed by atoms with E-state index in [4.69, 9.17) is 0 Å². The molecule has 0 rings (SSSR count). The van der Waals surface area contributed by atoms with Gasteiger partial charge in [0.1, 0.15) is 0 Å². The van der Waals surface area contributed by atoms with E-state index in [2.05, 4.69) is 0 Å². The van der Waals surface area contributed by atoms with Crippen LogP contribution in [-0.4, -0.2) is 16.8 Å². The molecule has 1 nitrogen and oxygen atoms in total. The van der Waals surface area contributed by atoms with Crippen LogP contribution >= 0.6 is 10.4 Å². The van der Waals surface area contributed by atoms with E-state index in [1.165, 1.54) is 0 Å². The van der Waals surface area contributed by atoms with Crippen LogP contribution in [0.4, 0.5) is 45.9 Å². The highest BCUT2D eigenvalue weighted by Crippen LogP contribution is 3.01. The first-order valence-electron chi connectivity index (χ1n) is 2.54. The van der Waals surface area contributed by atoms with Gasteiger partial charge in [-0.2, -0.15) is 22.0 Å². The molecule has 0 N–H and O–H groups in total. The Hall–Kier alpha value is -0.460. The molecular weight excluding hydrogens is 279 g/mol. The van der Waals surface area contributed by atoms with Crippen molar-refractivity contribution in [3.05, 3.63) is 0 Å². The maximum atomic E-state index is 11.6. The zero-order chi connectivity index (χ0) is 13.0. The van der Waals surface area contributed by atoms with Crippen LogP contribution in [0.25, 0.3) is 0 Å². The molecule has 0 aliphatic heterocycles. The van der Waals surface area contributed by atoms with Gasteiger partial charge in [0.05, 0.1) is 4.53 Å². The lowest BCUT2D eigenvalue weighted by molar-refractivity contribution is -0.358. The smallest absolute Gasteiger partial charge is 0.174 e. The molecule has 0 spiro atoms. The highest BCUT2D eigenvalue weighted by Gasteiger charge is 2.83. The topological polar surface area (TPSA) is 3.24 Å². The Morgan fingerprint density at radius 3 is 1.07 bits per heavy atom. The Morgan fingerprint density at radius 1 is 0.733 bits per heavy atom. The number of alkyl halides is 5. The van der Waals surface area contributed by atoms with Crippen LogP contribution in [0.3, 0.4) is 0 Å². The quantitative estimate of drug-likeness (QED) is 0.407. The minimum absolute atomic E-state index is 4.67. The summed E-state index contributed by atoms with van der Waals surface area (Å²) in [7, 11) is -11.7. The fourth-order valence-corrected chi connectivity index (χ4v) is 0.853. The summed E-state index contributed by atoms with van der Waals surface area (Å²) in [5.41, 5.74) is 0. The molecule has 0 heterocycles. The molecule has 0 fully saturated rings. The maximum Gasteiger partial charge on any atom is 0.473 e. The van der Waals surface area contributed by atoms with E-state index in [9.17, 15) is 45.9 Å². The molecule has 13 heteroatoms. The molecule has 0 aliphatic rings. The van der Waals surface area contributed by atoms with Gasteiger partial charge in [0.15, 0.2) is 0 Å². The van der Waals surface area contributed by atoms with Crippen molar-refractivity contribution in [2.75, 3.05) is 0 Å². The van der Waals surface area contributed by atoms with E-state index in [1.54, 1.807) is 0 Å². The van der Waals surface area contributed by atoms with Crippen molar-refractivity contribution in [1.29, 1.82) is 0 Å². The summed E-state index contributed by atoms with van der Waals surface area (Å²) < 4.78 is 119.